The Morgan fingerprint density at radius 3 is 2.35 bits per heavy atom. The van der Waals surface area contributed by atoms with E-state index in [1.807, 2.05) is 24.1 Å². The zero-order valence-corrected chi connectivity index (χ0v) is 16.3. The van der Waals surface area contributed by atoms with Crippen LogP contribution in [-0.2, 0) is 7.05 Å². The van der Waals surface area contributed by atoms with E-state index in [4.69, 9.17) is 0 Å². The Hall–Kier alpha value is -2.62. The summed E-state index contributed by atoms with van der Waals surface area (Å²) in [6.45, 7) is 8.87. The van der Waals surface area contributed by atoms with Gasteiger partial charge in [-0.25, -0.2) is 0 Å². The molecule has 4 aromatic rings. The molecule has 0 bridgehead atoms. The standard InChI is InChI=1S/C12H16N2.C10H12N2/c1-4-9(2)11-7-5-6-10-8-13-14(3)12(10)11;1-7(2)9-5-3-4-8-6-11-12-10(8)9/h5-9H,4H2,1-3H3;3-7H,1-2H3,(H,11,12). The lowest BCUT2D eigenvalue weighted by Gasteiger charge is -2.11. The number of H-pyrrole nitrogens is 1. The predicted molar refractivity (Wildman–Crippen MR) is 110 cm³/mol. The quantitative estimate of drug-likeness (QED) is 0.510. The molecule has 0 aliphatic rings. The maximum absolute atomic E-state index is 4.29. The number of nitrogens with zero attached hydrogens (tertiary/aromatic N) is 3. The van der Waals surface area contributed by atoms with Crippen molar-refractivity contribution in [2.24, 2.45) is 7.05 Å². The number of nitrogens with one attached hydrogen (secondary N) is 1. The van der Waals surface area contributed by atoms with Crippen LogP contribution in [0.15, 0.2) is 48.8 Å². The van der Waals surface area contributed by atoms with Crippen LogP contribution in [0.2, 0.25) is 0 Å². The highest BCUT2D eigenvalue weighted by Crippen LogP contribution is 2.26. The third-order valence-electron chi connectivity index (χ3n) is 5.07. The number of rotatable bonds is 3. The molecule has 4 heteroatoms. The van der Waals surface area contributed by atoms with Crippen molar-refractivity contribution >= 4 is 21.8 Å². The summed E-state index contributed by atoms with van der Waals surface area (Å²) in [7, 11) is 2.01. The second-order valence-corrected chi connectivity index (χ2v) is 7.20. The third-order valence-corrected chi connectivity index (χ3v) is 5.07. The molecular formula is C22H28N4. The van der Waals surface area contributed by atoms with Gasteiger partial charge in [0.25, 0.3) is 0 Å². The van der Waals surface area contributed by atoms with Crippen molar-refractivity contribution in [3.8, 4) is 0 Å². The molecule has 0 aliphatic heterocycles. The van der Waals surface area contributed by atoms with E-state index in [9.17, 15) is 0 Å². The van der Waals surface area contributed by atoms with E-state index in [2.05, 4.69) is 79.4 Å². The fourth-order valence-electron chi connectivity index (χ4n) is 3.35. The molecule has 1 N–H and O–H groups in total. The fraction of sp³-hybridized carbons (Fsp3) is 0.364. The summed E-state index contributed by atoms with van der Waals surface area (Å²) in [5.41, 5.74) is 5.20. The Balaban J connectivity index is 0.000000152. The Morgan fingerprint density at radius 2 is 1.65 bits per heavy atom. The molecule has 1 unspecified atom stereocenters. The molecule has 26 heavy (non-hydrogen) atoms. The SMILES string of the molecule is CC(C)c1cccc2cn[nH]c12.CCC(C)c1cccc2cnn(C)c12. The van der Waals surface area contributed by atoms with Crippen molar-refractivity contribution in [3.63, 3.8) is 0 Å². The first-order chi connectivity index (χ1) is 12.5. The van der Waals surface area contributed by atoms with Crippen LogP contribution in [0.25, 0.3) is 21.8 Å². The lowest BCUT2D eigenvalue weighted by atomic mass is 9.97. The van der Waals surface area contributed by atoms with Crippen LogP contribution >= 0.6 is 0 Å². The smallest absolute Gasteiger partial charge is 0.0713 e. The normalized spacial score (nSPS) is 12.4. The molecule has 2 heterocycles. The molecule has 0 saturated carbocycles. The van der Waals surface area contributed by atoms with Gasteiger partial charge in [-0.2, -0.15) is 10.2 Å². The third kappa shape index (κ3) is 3.50. The summed E-state index contributed by atoms with van der Waals surface area (Å²) >= 11 is 0. The molecule has 2 aromatic heterocycles. The first-order valence-corrected chi connectivity index (χ1v) is 9.35. The number of aryl methyl sites for hydroxylation is 1. The molecule has 1 atom stereocenters. The van der Waals surface area contributed by atoms with Crippen LogP contribution in [0.4, 0.5) is 0 Å². The van der Waals surface area contributed by atoms with Crippen molar-refractivity contribution < 1.29 is 0 Å². The minimum absolute atomic E-state index is 0.550. The first-order valence-electron chi connectivity index (χ1n) is 9.35. The number of para-hydroxylation sites is 2. The highest BCUT2D eigenvalue weighted by Gasteiger charge is 2.10. The molecule has 0 spiro atoms. The summed E-state index contributed by atoms with van der Waals surface area (Å²) in [6.07, 6.45) is 4.96. The van der Waals surface area contributed by atoms with Crippen molar-refractivity contribution in [1.29, 1.82) is 0 Å². The predicted octanol–water partition coefficient (Wildman–Crippen LogP) is 5.77. The number of benzene rings is 2. The monoisotopic (exact) mass is 348 g/mol. The average molecular weight is 348 g/mol. The van der Waals surface area contributed by atoms with Crippen LogP contribution in [0.1, 0.15) is 57.1 Å². The van der Waals surface area contributed by atoms with Gasteiger partial charge in [0.05, 0.1) is 23.4 Å². The van der Waals surface area contributed by atoms with E-state index < -0.39 is 0 Å². The lowest BCUT2D eigenvalue weighted by molar-refractivity contribution is 0.723. The van der Waals surface area contributed by atoms with Gasteiger partial charge in [0.1, 0.15) is 0 Å². The van der Waals surface area contributed by atoms with E-state index in [0.717, 1.165) is 0 Å². The van der Waals surface area contributed by atoms with E-state index in [1.54, 1.807) is 0 Å². The molecule has 0 aliphatic carbocycles. The number of hydrogen-bond donors (Lipinski definition) is 1. The summed E-state index contributed by atoms with van der Waals surface area (Å²) in [5.74, 6) is 1.16. The second-order valence-electron chi connectivity index (χ2n) is 7.20. The lowest BCUT2D eigenvalue weighted by Crippen LogP contribution is -1.97. The van der Waals surface area contributed by atoms with Gasteiger partial charge in [0, 0.05) is 17.8 Å². The summed E-state index contributed by atoms with van der Waals surface area (Å²) in [6, 6.07) is 12.7. The van der Waals surface area contributed by atoms with Crippen LogP contribution in [0, 0.1) is 0 Å². The minimum atomic E-state index is 0.550. The van der Waals surface area contributed by atoms with Crippen LogP contribution in [0.3, 0.4) is 0 Å². The Kier molecular flexibility index (Phi) is 5.40. The van der Waals surface area contributed by atoms with Gasteiger partial charge >= 0.3 is 0 Å². The molecule has 4 rings (SSSR count). The van der Waals surface area contributed by atoms with Crippen LogP contribution < -0.4 is 0 Å². The maximum Gasteiger partial charge on any atom is 0.0713 e. The molecule has 136 valence electrons. The van der Waals surface area contributed by atoms with Crippen molar-refractivity contribution in [2.75, 3.05) is 0 Å². The van der Waals surface area contributed by atoms with Crippen molar-refractivity contribution in [1.82, 2.24) is 20.0 Å². The molecular weight excluding hydrogens is 320 g/mol. The first kappa shape index (κ1) is 18.2. The highest BCUT2D eigenvalue weighted by atomic mass is 15.2. The minimum Gasteiger partial charge on any atom is -0.278 e. The molecule has 0 amide bonds. The zero-order valence-electron chi connectivity index (χ0n) is 16.3. The summed E-state index contributed by atoms with van der Waals surface area (Å²) < 4.78 is 1.97. The van der Waals surface area contributed by atoms with E-state index in [-0.39, 0.29) is 0 Å². The second kappa shape index (κ2) is 7.73. The van der Waals surface area contributed by atoms with Crippen LogP contribution in [-0.4, -0.2) is 20.0 Å². The van der Waals surface area contributed by atoms with Gasteiger partial charge in [-0.1, -0.05) is 64.1 Å². The Bertz CT molecular complexity index is 994. The van der Waals surface area contributed by atoms with Gasteiger partial charge in [0.15, 0.2) is 0 Å². The number of hydrogen-bond acceptors (Lipinski definition) is 2. The summed E-state index contributed by atoms with van der Waals surface area (Å²) in [4.78, 5) is 0. The molecule has 2 aromatic carbocycles. The van der Waals surface area contributed by atoms with Gasteiger partial charge in [-0.15, -0.1) is 0 Å². The fourth-order valence-corrected chi connectivity index (χ4v) is 3.35. The summed E-state index contributed by atoms with van der Waals surface area (Å²) in [5, 5.41) is 13.8. The van der Waals surface area contributed by atoms with Crippen LogP contribution in [0.5, 0.6) is 0 Å². The number of aromatic nitrogens is 4. The molecule has 0 saturated heterocycles. The molecule has 0 radical (unpaired) electrons. The molecule has 0 fully saturated rings. The number of aromatic amines is 1. The largest absolute Gasteiger partial charge is 0.278 e. The van der Waals surface area contributed by atoms with Crippen molar-refractivity contribution in [3.05, 3.63) is 59.9 Å². The van der Waals surface area contributed by atoms with E-state index >= 15 is 0 Å². The molecule has 4 nitrogen and oxygen atoms in total. The van der Waals surface area contributed by atoms with Gasteiger partial charge in [-0.3, -0.25) is 9.78 Å². The van der Waals surface area contributed by atoms with E-state index in [1.165, 1.54) is 39.4 Å². The Labute approximate surface area is 155 Å². The topological polar surface area (TPSA) is 46.5 Å². The van der Waals surface area contributed by atoms with Gasteiger partial charge < -0.3 is 0 Å². The zero-order chi connectivity index (χ0) is 18.7. The maximum atomic E-state index is 4.29. The average Bonchev–Trinajstić information content (AvgIpc) is 3.28. The van der Waals surface area contributed by atoms with Gasteiger partial charge in [0.2, 0.25) is 0 Å². The highest BCUT2D eigenvalue weighted by molar-refractivity contribution is 5.82. The number of fused-ring (bicyclic) bond motifs is 2. The van der Waals surface area contributed by atoms with Gasteiger partial charge in [-0.05, 0) is 29.4 Å². The van der Waals surface area contributed by atoms with E-state index in [0.29, 0.717) is 11.8 Å². The van der Waals surface area contributed by atoms with Crippen molar-refractivity contribution in [2.45, 2.75) is 46.0 Å². The Morgan fingerprint density at radius 1 is 0.962 bits per heavy atom.